The zero-order chi connectivity index (χ0) is 45.4. The van der Waals surface area contributed by atoms with Crippen molar-refractivity contribution in [1.29, 1.82) is 0 Å². The van der Waals surface area contributed by atoms with E-state index >= 15 is 0 Å². The van der Waals surface area contributed by atoms with E-state index in [1.54, 1.807) is 0 Å². The molecule has 0 unspecified atom stereocenters. The van der Waals surface area contributed by atoms with E-state index in [-0.39, 0.29) is 0 Å². The van der Waals surface area contributed by atoms with Gasteiger partial charge in [-0.2, -0.15) is 0 Å². The maximum Gasteiger partial charge on any atom is 0.0541 e. The van der Waals surface area contributed by atoms with Gasteiger partial charge in [0.25, 0.3) is 0 Å². The SMILES string of the molecule is c1ccc2c(-c3ccc(-c4ccc5c(c4)c4cc(-c6ccc(-c7cccc8ccccc78)cc6)ccc4n5-c4ccc(-c5cc6ccccc6c6ccccc56)c5ccccc45)cc3)cccc2c1. The normalized spacial score (nSPS) is 11.8. The van der Waals surface area contributed by atoms with Gasteiger partial charge < -0.3 is 4.57 Å². The molecule has 0 bridgehead atoms. The van der Waals surface area contributed by atoms with Crippen molar-refractivity contribution in [2.75, 3.05) is 0 Å². The average Bonchev–Trinajstić information content (AvgIpc) is 3.75. The van der Waals surface area contributed by atoms with Gasteiger partial charge in [0.1, 0.15) is 0 Å². The Morgan fingerprint density at radius 3 is 1.14 bits per heavy atom. The summed E-state index contributed by atoms with van der Waals surface area (Å²) in [5, 5.41) is 15.0. The van der Waals surface area contributed by atoms with Crippen molar-refractivity contribution in [3.63, 3.8) is 0 Å². The van der Waals surface area contributed by atoms with Crippen LogP contribution in [-0.4, -0.2) is 4.57 Å². The molecule has 0 atom stereocenters. The number of aromatic nitrogens is 1. The first kappa shape index (κ1) is 39.2. The molecule has 1 heterocycles. The zero-order valence-corrected chi connectivity index (χ0v) is 37.8. The molecule has 0 radical (unpaired) electrons. The highest BCUT2D eigenvalue weighted by Gasteiger charge is 2.19. The lowest BCUT2D eigenvalue weighted by Gasteiger charge is -2.17. The number of hydrogen-bond acceptors (Lipinski definition) is 0. The number of hydrogen-bond donors (Lipinski definition) is 0. The predicted octanol–water partition coefficient (Wildman–Crippen LogP) is 18.9. The summed E-state index contributed by atoms with van der Waals surface area (Å²) in [6.07, 6.45) is 0. The van der Waals surface area contributed by atoms with Gasteiger partial charge in [0.05, 0.1) is 16.7 Å². The molecule has 0 saturated heterocycles. The first-order chi connectivity index (χ1) is 34.2. The molecule has 1 nitrogen and oxygen atoms in total. The summed E-state index contributed by atoms with van der Waals surface area (Å²) in [5.41, 5.74) is 15.7. The molecule has 320 valence electrons. The molecule has 0 aliphatic rings. The predicted molar refractivity (Wildman–Crippen MR) is 295 cm³/mol. The molecular formula is C68H43N. The Kier molecular flexibility index (Phi) is 8.97. The summed E-state index contributed by atoms with van der Waals surface area (Å²) >= 11 is 0. The number of rotatable bonds is 6. The van der Waals surface area contributed by atoms with Crippen LogP contribution in [0.4, 0.5) is 0 Å². The van der Waals surface area contributed by atoms with Crippen LogP contribution in [0.2, 0.25) is 0 Å². The maximum absolute atomic E-state index is 2.50. The van der Waals surface area contributed by atoms with Crippen molar-refractivity contribution in [2.45, 2.75) is 0 Å². The lowest BCUT2D eigenvalue weighted by atomic mass is 9.90. The van der Waals surface area contributed by atoms with Gasteiger partial charge in [0.15, 0.2) is 0 Å². The van der Waals surface area contributed by atoms with Gasteiger partial charge in [-0.1, -0.05) is 224 Å². The topological polar surface area (TPSA) is 4.93 Å². The summed E-state index contributed by atoms with van der Waals surface area (Å²) in [5.74, 6) is 0. The fourth-order valence-electron chi connectivity index (χ4n) is 11.3. The molecule has 1 aromatic heterocycles. The van der Waals surface area contributed by atoms with Crippen molar-refractivity contribution in [3.05, 3.63) is 261 Å². The highest BCUT2D eigenvalue weighted by molar-refractivity contribution is 6.18. The Bertz CT molecular complexity index is 4150. The van der Waals surface area contributed by atoms with Crippen LogP contribution in [0.1, 0.15) is 0 Å². The van der Waals surface area contributed by atoms with Crippen LogP contribution in [0.3, 0.4) is 0 Å². The molecule has 0 amide bonds. The highest BCUT2D eigenvalue weighted by Crippen LogP contribution is 2.43. The largest absolute Gasteiger partial charge is 0.309 e. The molecule has 14 rings (SSSR count). The Morgan fingerprint density at radius 2 is 0.594 bits per heavy atom. The third-order valence-corrected chi connectivity index (χ3v) is 14.6. The van der Waals surface area contributed by atoms with Crippen molar-refractivity contribution in [1.82, 2.24) is 4.57 Å². The minimum atomic E-state index is 1.17. The quantitative estimate of drug-likeness (QED) is 0.147. The van der Waals surface area contributed by atoms with Crippen LogP contribution in [0.25, 0.3) is 137 Å². The smallest absolute Gasteiger partial charge is 0.0541 e. The summed E-state index contributed by atoms with van der Waals surface area (Å²) < 4.78 is 2.50. The highest BCUT2D eigenvalue weighted by atomic mass is 15.0. The van der Waals surface area contributed by atoms with Crippen molar-refractivity contribution in [2.24, 2.45) is 0 Å². The van der Waals surface area contributed by atoms with E-state index in [4.69, 9.17) is 0 Å². The number of nitrogens with zero attached hydrogens (tertiary/aromatic N) is 1. The maximum atomic E-state index is 2.50. The van der Waals surface area contributed by atoms with E-state index in [0.717, 1.165) is 0 Å². The van der Waals surface area contributed by atoms with Gasteiger partial charge >= 0.3 is 0 Å². The van der Waals surface area contributed by atoms with E-state index in [0.29, 0.717) is 0 Å². The third kappa shape index (κ3) is 6.39. The van der Waals surface area contributed by atoms with Gasteiger partial charge in [0.2, 0.25) is 0 Å². The molecule has 1 heteroatoms. The van der Waals surface area contributed by atoms with E-state index in [1.807, 2.05) is 0 Å². The van der Waals surface area contributed by atoms with Crippen LogP contribution in [0.5, 0.6) is 0 Å². The lowest BCUT2D eigenvalue weighted by Crippen LogP contribution is -1.97. The van der Waals surface area contributed by atoms with Crippen molar-refractivity contribution < 1.29 is 0 Å². The van der Waals surface area contributed by atoms with E-state index in [1.165, 1.54) is 137 Å². The summed E-state index contributed by atoms with van der Waals surface area (Å²) in [4.78, 5) is 0. The van der Waals surface area contributed by atoms with Gasteiger partial charge in [0, 0.05) is 16.2 Å². The van der Waals surface area contributed by atoms with Crippen LogP contribution < -0.4 is 0 Å². The molecule has 0 spiro atoms. The van der Waals surface area contributed by atoms with Crippen LogP contribution in [0.15, 0.2) is 261 Å². The van der Waals surface area contributed by atoms with Crippen LogP contribution in [0, 0.1) is 0 Å². The van der Waals surface area contributed by atoms with E-state index in [9.17, 15) is 0 Å². The van der Waals surface area contributed by atoms with Crippen LogP contribution in [-0.2, 0) is 0 Å². The second kappa shape index (κ2) is 15.8. The number of benzene rings is 13. The average molecular weight is 874 g/mol. The lowest BCUT2D eigenvalue weighted by molar-refractivity contribution is 1.20. The molecule has 0 fully saturated rings. The van der Waals surface area contributed by atoms with E-state index in [2.05, 4.69) is 265 Å². The van der Waals surface area contributed by atoms with E-state index < -0.39 is 0 Å². The minimum Gasteiger partial charge on any atom is -0.309 e. The second-order valence-corrected chi connectivity index (χ2v) is 18.4. The monoisotopic (exact) mass is 873 g/mol. The zero-order valence-electron chi connectivity index (χ0n) is 37.8. The summed E-state index contributed by atoms with van der Waals surface area (Å²) in [6.45, 7) is 0. The minimum absolute atomic E-state index is 1.17. The van der Waals surface area contributed by atoms with Gasteiger partial charge in [-0.25, -0.2) is 0 Å². The standard InChI is InChI=1S/C68H43N/c1-4-18-53-46(13-1)16-11-25-55(53)48-31-27-44(28-32-48)50-35-38-67-64(41-50)65-42-51(45-29-33-49(34-30-45)56-26-12-17-47-14-2-5-19-54(47)56)36-39-68(65)69(67)66-40-37-61(59-22-9-10-24-62(59)66)63-43-52-15-3-6-20-57(52)58-21-7-8-23-60(58)63/h1-43H. The molecule has 69 heavy (non-hydrogen) atoms. The Labute approximate surface area is 400 Å². The third-order valence-electron chi connectivity index (χ3n) is 14.6. The summed E-state index contributed by atoms with van der Waals surface area (Å²) in [7, 11) is 0. The molecular weight excluding hydrogens is 831 g/mol. The Hall–Kier alpha value is -9.04. The Balaban J connectivity index is 0.941. The Morgan fingerprint density at radius 1 is 0.188 bits per heavy atom. The van der Waals surface area contributed by atoms with Crippen molar-refractivity contribution >= 4 is 75.7 Å². The first-order valence-corrected chi connectivity index (χ1v) is 23.9. The fourth-order valence-corrected chi connectivity index (χ4v) is 11.3. The van der Waals surface area contributed by atoms with Gasteiger partial charge in [-0.15, -0.1) is 0 Å². The molecule has 0 saturated carbocycles. The molecule has 0 N–H and O–H groups in total. The molecule has 14 aromatic rings. The van der Waals surface area contributed by atoms with Gasteiger partial charge in [-0.05, 0) is 141 Å². The first-order valence-electron chi connectivity index (χ1n) is 23.9. The molecule has 13 aromatic carbocycles. The fraction of sp³-hybridized carbons (Fsp3) is 0. The van der Waals surface area contributed by atoms with Crippen molar-refractivity contribution in [3.8, 4) is 61.3 Å². The molecule has 0 aliphatic carbocycles. The van der Waals surface area contributed by atoms with Crippen LogP contribution >= 0.6 is 0 Å². The summed E-state index contributed by atoms with van der Waals surface area (Å²) in [6, 6.07) is 96.4. The second-order valence-electron chi connectivity index (χ2n) is 18.4. The number of fused-ring (bicyclic) bond motifs is 9. The molecule has 0 aliphatic heterocycles. The van der Waals surface area contributed by atoms with Gasteiger partial charge in [-0.3, -0.25) is 0 Å².